The third kappa shape index (κ3) is 3.99. The van der Waals surface area contributed by atoms with Crippen LogP contribution in [-0.4, -0.2) is 12.5 Å². The first-order valence-corrected chi connectivity index (χ1v) is 7.50. The van der Waals surface area contributed by atoms with Crippen LogP contribution in [-0.2, 0) is 11.3 Å². The van der Waals surface area contributed by atoms with E-state index < -0.39 is 0 Å². The van der Waals surface area contributed by atoms with E-state index in [1.54, 1.807) is 35.6 Å². The highest BCUT2D eigenvalue weighted by atomic mass is 35.5. The van der Waals surface area contributed by atoms with E-state index in [-0.39, 0.29) is 12.5 Å². The van der Waals surface area contributed by atoms with E-state index in [9.17, 15) is 4.79 Å². The van der Waals surface area contributed by atoms with E-state index in [1.165, 1.54) is 10.4 Å². The topological polar surface area (TPSA) is 38.3 Å². The van der Waals surface area contributed by atoms with Gasteiger partial charge in [0, 0.05) is 16.4 Å². The van der Waals surface area contributed by atoms with Gasteiger partial charge < -0.3 is 10.1 Å². The number of hydrogen-bond acceptors (Lipinski definition) is 3. The van der Waals surface area contributed by atoms with Crippen molar-refractivity contribution in [1.82, 2.24) is 5.32 Å². The lowest BCUT2D eigenvalue weighted by molar-refractivity contribution is -0.123. The Morgan fingerprint density at radius 3 is 2.60 bits per heavy atom. The van der Waals surface area contributed by atoms with Gasteiger partial charge in [0.25, 0.3) is 5.91 Å². The highest BCUT2D eigenvalue weighted by Gasteiger charge is 2.07. The summed E-state index contributed by atoms with van der Waals surface area (Å²) in [5.74, 6) is 0.496. The van der Waals surface area contributed by atoms with Crippen LogP contribution in [0.15, 0.2) is 29.6 Å². The van der Waals surface area contributed by atoms with Crippen molar-refractivity contribution in [2.24, 2.45) is 0 Å². The molecule has 5 heteroatoms. The second-order valence-corrected chi connectivity index (χ2v) is 5.98. The molecule has 0 saturated carbocycles. The molecule has 1 aromatic carbocycles. The van der Waals surface area contributed by atoms with E-state index in [0.29, 0.717) is 17.3 Å². The van der Waals surface area contributed by atoms with Gasteiger partial charge >= 0.3 is 0 Å². The summed E-state index contributed by atoms with van der Waals surface area (Å²) in [5, 5.41) is 5.57. The predicted molar refractivity (Wildman–Crippen MR) is 82.6 cm³/mol. The smallest absolute Gasteiger partial charge is 0.258 e. The van der Waals surface area contributed by atoms with Crippen molar-refractivity contribution < 1.29 is 9.53 Å². The summed E-state index contributed by atoms with van der Waals surface area (Å²) in [5.41, 5.74) is 2.40. The quantitative estimate of drug-likeness (QED) is 0.914. The van der Waals surface area contributed by atoms with Gasteiger partial charge in [-0.15, -0.1) is 11.3 Å². The second-order valence-electron chi connectivity index (χ2n) is 4.46. The first kappa shape index (κ1) is 14.9. The predicted octanol–water partition coefficient (Wildman–Crippen LogP) is 3.71. The van der Waals surface area contributed by atoms with Gasteiger partial charge in [0.2, 0.25) is 0 Å². The molecule has 1 amide bonds. The molecule has 0 fully saturated rings. The molecular formula is C15H16ClNO2S. The maximum Gasteiger partial charge on any atom is 0.258 e. The average Bonchev–Trinajstić information content (AvgIpc) is 2.76. The number of ether oxygens (including phenoxy) is 1. The van der Waals surface area contributed by atoms with Crippen LogP contribution in [0.4, 0.5) is 0 Å². The fourth-order valence-electron chi connectivity index (χ4n) is 1.66. The Balaban J connectivity index is 1.78. The van der Waals surface area contributed by atoms with Crippen molar-refractivity contribution in [3.8, 4) is 5.75 Å². The number of thiophene rings is 1. The second kappa shape index (κ2) is 6.77. The van der Waals surface area contributed by atoms with Crippen LogP contribution in [0, 0.1) is 13.8 Å². The molecule has 0 bridgehead atoms. The molecule has 3 nitrogen and oxygen atoms in total. The minimum absolute atomic E-state index is 0.00377. The van der Waals surface area contributed by atoms with E-state index in [1.807, 2.05) is 0 Å². The first-order valence-electron chi connectivity index (χ1n) is 6.25. The third-order valence-electron chi connectivity index (χ3n) is 3.05. The van der Waals surface area contributed by atoms with Crippen LogP contribution >= 0.6 is 22.9 Å². The van der Waals surface area contributed by atoms with Crippen molar-refractivity contribution in [2.45, 2.75) is 20.4 Å². The van der Waals surface area contributed by atoms with Gasteiger partial charge in [0.1, 0.15) is 5.75 Å². The first-order chi connectivity index (χ1) is 9.56. The summed E-state index contributed by atoms with van der Waals surface area (Å²) in [6.45, 7) is 4.69. The molecule has 1 aromatic heterocycles. The largest absolute Gasteiger partial charge is 0.484 e. The van der Waals surface area contributed by atoms with Crippen LogP contribution in [0.25, 0.3) is 0 Å². The molecule has 1 N–H and O–H groups in total. The zero-order valence-electron chi connectivity index (χ0n) is 11.4. The van der Waals surface area contributed by atoms with Gasteiger partial charge in [-0.05, 0) is 54.6 Å². The monoisotopic (exact) mass is 309 g/mol. The standard InChI is InChI=1S/C15H16ClNO2S/c1-10-11(2)20-9-12(10)7-17-15(18)8-19-14-5-3-13(16)4-6-14/h3-6,9H,7-8H2,1-2H3,(H,17,18). The maximum absolute atomic E-state index is 11.7. The molecular weight excluding hydrogens is 294 g/mol. The van der Waals surface area contributed by atoms with Crippen molar-refractivity contribution in [3.05, 3.63) is 50.7 Å². The molecule has 20 heavy (non-hydrogen) atoms. The molecule has 0 radical (unpaired) electrons. The number of nitrogens with one attached hydrogen (secondary N) is 1. The number of benzene rings is 1. The lowest BCUT2D eigenvalue weighted by atomic mass is 10.2. The average molecular weight is 310 g/mol. The fraction of sp³-hybridized carbons (Fsp3) is 0.267. The maximum atomic E-state index is 11.7. The SMILES string of the molecule is Cc1scc(CNC(=O)COc2ccc(Cl)cc2)c1C. The molecule has 2 aromatic rings. The van der Waals surface area contributed by atoms with Crippen molar-refractivity contribution in [1.29, 1.82) is 0 Å². The molecule has 0 aliphatic heterocycles. The normalized spacial score (nSPS) is 10.3. The van der Waals surface area contributed by atoms with Crippen LogP contribution in [0.1, 0.15) is 16.0 Å². The van der Waals surface area contributed by atoms with E-state index in [0.717, 1.165) is 5.56 Å². The minimum atomic E-state index is -0.136. The highest BCUT2D eigenvalue weighted by Crippen LogP contribution is 2.20. The summed E-state index contributed by atoms with van der Waals surface area (Å²) in [4.78, 5) is 13.0. The molecule has 0 aliphatic carbocycles. The Kier molecular flexibility index (Phi) is 5.04. The Labute approximate surface area is 127 Å². The van der Waals surface area contributed by atoms with Crippen LogP contribution in [0.2, 0.25) is 5.02 Å². The number of halogens is 1. The zero-order chi connectivity index (χ0) is 14.5. The summed E-state index contributed by atoms with van der Waals surface area (Å²) in [6.07, 6.45) is 0. The lowest BCUT2D eigenvalue weighted by Crippen LogP contribution is -2.28. The summed E-state index contributed by atoms with van der Waals surface area (Å²) in [6, 6.07) is 6.93. The van der Waals surface area contributed by atoms with Gasteiger partial charge in [-0.3, -0.25) is 4.79 Å². The summed E-state index contributed by atoms with van der Waals surface area (Å²) < 4.78 is 5.38. The molecule has 2 rings (SSSR count). The van der Waals surface area contributed by atoms with E-state index in [2.05, 4.69) is 24.5 Å². The number of amides is 1. The molecule has 0 aliphatic rings. The number of aryl methyl sites for hydroxylation is 1. The van der Waals surface area contributed by atoms with Crippen molar-refractivity contribution in [2.75, 3.05) is 6.61 Å². The lowest BCUT2D eigenvalue weighted by Gasteiger charge is -2.07. The molecule has 0 atom stereocenters. The third-order valence-corrected chi connectivity index (χ3v) is 4.36. The number of hydrogen-bond donors (Lipinski definition) is 1. The Morgan fingerprint density at radius 2 is 2.00 bits per heavy atom. The van der Waals surface area contributed by atoms with Gasteiger partial charge in [-0.1, -0.05) is 11.6 Å². The van der Waals surface area contributed by atoms with Crippen molar-refractivity contribution in [3.63, 3.8) is 0 Å². The molecule has 0 spiro atoms. The van der Waals surface area contributed by atoms with Crippen LogP contribution in [0.5, 0.6) is 5.75 Å². The molecule has 106 valence electrons. The van der Waals surface area contributed by atoms with Gasteiger partial charge in [0.05, 0.1) is 0 Å². The molecule has 1 heterocycles. The molecule has 0 saturated heterocycles. The summed E-state index contributed by atoms with van der Waals surface area (Å²) in [7, 11) is 0. The van der Waals surface area contributed by atoms with Crippen molar-refractivity contribution >= 4 is 28.8 Å². The van der Waals surface area contributed by atoms with E-state index in [4.69, 9.17) is 16.3 Å². The number of rotatable bonds is 5. The number of carbonyl (C=O) groups is 1. The Hall–Kier alpha value is -1.52. The Bertz CT molecular complexity index is 592. The van der Waals surface area contributed by atoms with Gasteiger partial charge in [0.15, 0.2) is 6.61 Å². The van der Waals surface area contributed by atoms with E-state index >= 15 is 0 Å². The fourth-order valence-corrected chi connectivity index (χ4v) is 2.67. The van der Waals surface area contributed by atoms with Crippen LogP contribution in [0.3, 0.4) is 0 Å². The Morgan fingerprint density at radius 1 is 1.30 bits per heavy atom. The summed E-state index contributed by atoms with van der Waals surface area (Å²) >= 11 is 7.47. The van der Waals surface area contributed by atoms with Gasteiger partial charge in [-0.25, -0.2) is 0 Å². The van der Waals surface area contributed by atoms with Crippen LogP contribution < -0.4 is 10.1 Å². The van der Waals surface area contributed by atoms with Gasteiger partial charge in [-0.2, -0.15) is 0 Å². The number of carbonyl (C=O) groups excluding carboxylic acids is 1. The molecule has 0 unspecified atom stereocenters. The zero-order valence-corrected chi connectivity index (χ0v) is 13.0. The highest BCUT2D eigenvalue weighted by molar-refractivity contribution is 7.10. The minimum Gasteiger partial charge on any atom is -0.484 e.